The van der Waals surface area contributed by atoms with E-state index in [0.717, 1.165) is 0 Å². The Morgan fingerprint density at radius 1 is 1.08 bits per heavy atom. The molecule has 0 aliphatic rings. The summed E-state index contributed by atoms with van der Waals surface area (Å²) in [5.74, 6) is -0.0349. The summed E-state index contributed by atoms with van der Waals surface area (Å²) in [6.45, 7) is 2.07. The molecule has 2 aromatic carbocycles. The van der Waals surface area contributed by atoms with Crippen molar-refractivity contribution in [3.8, 4) is 5.75 Å². The van der Waals surface area contributed by atoms with Crippen molar-refractivity contribution in [1.29, 1.82) is 0 Å². The van der Waals surface area contributed by atoms with E-state index in [2.05, 4.69) is 10.2 Å². The maximum Gasteiger partial charge on any atom is 0.274 e. The fourth-order valence-corrected chi connectivity index (χ4v) is 2.99. The molecule has 0 aliphatic heterocycles. The van der Waals surface area contributed by atoms with Crippen LogP contribution in [0, 0.1) is 0 Å². The van der Waals surface area contributed by atoms with Crippen LogP contribution in [0.5, 0.6) is 5.75 Å². The molecule has 2 N–H and O–H groups in total. The molecule has 0 saturated carbocycles. The van der Waals surface area contributed by atoms with Gasteiger partial charge in [-0.15, -0.1) is 0 Å². The predicted molar refractivity (Wildman–Crippen MR) is 89.3 cm³/mol. The summed E-state index contributed by atoms with van der Waals surface area (Å²) in [6.07, 6.45) is 0. The first-order chi connectivity index (χ1) is 11.5. The van der Waals surface area contributed by atoms with Gasteiger partial charge < -0.3 is 4.74 Å². The van der Waals surface area contributed by atoms with Gasteiger partial charge in [-0.1, -0.05) is 12.1 Å². The van der Waals surface area contributed by atoms with Crippen LogP contribution in [0.3, 0.4) is 0 Å². The number of nitrogens with one attached hydrogen (secondary N) is 2. The number of carbonyl (C=O) groups is 1. The number of methoxy groups -OCH3 is 1. The first-order valence-corrected chi connectivity index (χ1v) is 8.64. The van der Waals surface area contributed by atoms with Crippen molar-refractivity contribution in [2.75, 3.05) is 18.4 Å². The molecule has 0 saturated heterocycles. The van der Waals surface area contributed by atoms with Crippen molar-refractivity contribution < 1.29 is 22.8 Å². The Morgan fingerprint density at radius 3 is 2.38 bits per heavy atom. The Labute approximate surface area is 140 Å². The molecule has 2 aromatic rings. The topological polar surface area (TPSA) is 93.7 Å². The minimum absolute atomic E-state index is 0.0290. The highest BCUT2D eigenvalue weighted by molar-refractivity contribution is 7.92. The van der Waals surface area contributed by atoms with Crippen LogP contribution in [-0.2, 0) is 14.9 Å². The van der Waals surface area contributed by atoms with Crippen LogP contribution in [0.25, 0.3) is 0 Å². The smallest absolute Gasteiger partial charge is 0.274 e. The van der Waals surface area contributed by atoms with Gasteiger partial charge in [0.1, 0.15) is 5.75 Å². The van der Waals surface area contributed by atoms with Crippen molar-refractivity contribution in [3.05, 3.63) is 54.1 Å². The number of hydroxylamine groups is 1. The van der Waals surface area contributed by atoms with Gasteiger partial charge >= 0.3 is 0 Å². The maximum absolute atomic E-state index is 12.4. The number of sulfonamides is 1. The number of carbonyl (C=O) groups excluding carboxylic acids is 1. The summed E-state index contributed by atoms with van der Waals surface area (Å²) in [4.78, 5) is 16.6. The van der Waals surface area contributed by atoms with Crippen LogP contribution >= 0.6 is 0 Å². The largest absolute Gasteiger partial charge is 0.495 e. The van der Waals surface area contributed by atoms with Crippen LogP contribution in [-0.4, -0.2) is 28.0 Å². The average Bonchev–Trinajstić information content (AvgIpc) is 2.60. The zero-order valence-electron chi connectivity index (χ0n) is 13.3. The molecular weight excluding hydrogens is 332 g/mol. The Balaban J connectivity index is 2.19. The number of hydrogen-bond acceptors (Lipinski definition) is 5. The molecule has 0 radical (unpaired) electrons. The summed E-state index contributed by atoms with van der Waals surface area (Å²) in [5, 5.41) is 0. The first kappa shape index (κ1) is 17.8. The number of anilines is 1. The molecule has 24 heavy (non-hydrogen) atoms. The summed E-state index contributed by atoms with van der Waals surface area (Å²) in [6, 6.07) is 12.2. The highest BCUT2D eigenvalue weighted by Gasteiger charge is 2.17. The molecule has 8 heteroatoms. The molecule has 7 nitrogen and oxygen atoms in total. The lowest BCUT2D eigenvalue weighted by atomic mass is 10.2. The molecule has 0 aromatic heterocycles. The highest BCUT2D eigenvalue weighted by Crippen LogP contribution is 2.26. The van der Waals surface area contributed by atoms with E-state index in [1.807, 2.05) is 0 Å². The fourth-order valence-electron chi connectivity index (χ4n) is 1.91. The summed E-state index contributed by atoms with van der Waals surface area (Å²) in [7, 11) is -2.34. The molecule has 128 valence electrons. The first-order valence-electron chi connectivity index (χ1n) is 7.16. The van der Waals surface area contributed by atoms with E-state index in [4.69, 9.17) is 9.57 Å². The molecule has 0 atom stereocenters. The number of amides is 1. The van der Waals surface area contributed by atoms with Crippen molar-refractivity contribution in [3.63, 3.8) is 0 Å². The SMILES string of the molecule is CCONC(=O)c1ccc(S(=O)(=O)Nc2ccccc2OC)cc1. The summed E-state index contributed by atoms with van der Waals surface area (Å²) < 4.78 is 32.4. The third-order valence-electron chi connectivity index (χ3n) is 3.09. The van der Waals surface area contributed by atoms with Gasteiger partial charge in [0.15, 0.2) is 0 Å². The van der Waals surface area contributed by atoms with E-state index in [0.29, 0.717) is 23.6 Å². The number of para-hydroxylation sites is 2. The molecule has 0 unspecified atom stereocenters. The van der Waals surface area contributed by atoms with Gasteiger partial charge in [-0.25, -0.2) is 13.9 Å². The van der Waals surface area contributed by atoms with E-state index < -0.39 is 15.9 Å². The monoisotopic (exact) mass is 350 g/mol. The standard InChI is InChI=1S/C16H18N2O5S/c1-3-23-17-16(19)12-8-10-13(11-9-12)24(20,21)18-14-6-4-5-7-15(14)22-2/h4-11,18H,3H2,1-2H3,(H,17,19). The Hall–Kier alpha value is -2.58. The summed E-state index contributed by atoms with van der Waals surface area (Å²) in [5.41, 5.74) is 2.86. The van der Waals surface area contributed by atoms with Gasteiger partial charge in [-0.3, -0.25) is 14.4 Å². The van der Waals surface area contributed by atoms with Crippen LogP contribution in [0.2, 0.25) is 0 Å². The van der Waals surface area contributed by atoms with E-state index in [1.165, 1.54) is 31.4 Å². The minimum Gasteiger partial charge on any atom is -0.495 e. The number of benzene rings is 2. The summed E-state index contributed by atoms with van der Waals surface area (Å²) >= 11 is 0. The zero-order chi connectivity index (χ0) is 17.6. The predicted octanol–water partition coefficient (Wildman–Crippen LogP) is 2.18. The van der Waals surface area contributed by atoms with Crippen LogP contribution in [0.1, 0.15) is 17.3 Å². The normalized spacial score (nSPS) is 10.9. The number of hydrogen-bond donors (Lipinski definition) is 2. The van der Waals surface area contributed by atoms with E-state index >= 15 is 0 Å². The number of ether oxygens (including phenoxy) is 1. The zero-order valence-corrected chi connectivity index (χ0v) is 14.1. The van der Waals surface area contributed by atoms with Crippen molar-refractivity contribution in [2.45, 2.75) is 11.8 Å². The maximum atomic E-state index is 12.4. The molecular formula is C16H18N2O5S. The van der Waals surface area contributed by atoms with Gasteiger partial charge in [0.2, 0.25) is 0 Å². The highest BCUT2D eigenvalue weighted by atomic mass is 32.2. The van der Waals surface area contributed by atoms with Gasteiger partial charge in [0.05, 0.1) is 24.3 Å². The molecule has 0 heterocycles. The Morgan fingerprint density at radius 2 is 1.75 bits per heavy atom. The molecule has 0 bridgehead atoms. The minimum atomic E-state index is -3.80. The van der Waals surface area contributed by atoms with Gasteiger partial charge in [-0.05, 0) is 43.3 Å². The lowest BCUT2D eigenvalue weighted by molar-refractivity contribution is 0.0364. The third kappa shape index (κ3) is 4.24. The van der Waals surface area contributed by atoms with Crippen molar-refractivity contribution in [1.82, 2.24) is 5.48 Å². The van der Waals surface area contributed by atoms with Gasteiger partial charge in [-0.2, -0.15) is 0 Å². The van der Waals surface area contributed by atoms with Gasteiger partial charge in [0, 0.05) is 5.56 Å². The Bertz CT molecular complexity index is 803. The molecule has 2 rings (SSSR count). The second-order valence-corrected chi connectivity index (χ2v) is 6.38. The molecule has 0 spiro atoms. The lowest BCUT2D eigenvalue weighted by Crippen LogP contribution is -2.23. The van der Waals surface area contributed by atoms with Gasteiger partial charge in [0.25, 0.3) is 15.9 Å². The average molecular weight is 350 g/mol. The van der Waals surface area contributed by atoms with Crippen LogP contribution < -0.4 is 14.9 Å². The lowest BCUT2D eigenvalue weighted by Gasteiger charge is -2.12. The third-order valence-corrected chi connectivity index (χ3v) is 4.47. The van der Waals surface area contributed by atoms with Crippen LogP contribution in [0.4, 0.5) is 5.69 Å². The van der Waals surface area contributed by atoms with Crippen molar-refractivity contribution >= 4 is 21.6 Å². The van der Waals surface area contributed by atoms with E-state index in [1.54, 1.807) is 31.2 Å². The van der Waals surface area contributed by atoms with Crippen LogP contribution in [0.15, 0.2) is 53.4 Å². The molecule has 0 aliphatic carbocycles. The van der Waals surface area contributed by atoms with Crippen molar-refractivity contribution in [2.24, 2.45) is 0 Å². The second kappa shape index (κ2) is 7.80. The second-order valence-electron chi connectivity index (χ2n) is 4.69. The quantitative estimate of drug-likeness (QED) is 0.747. The van der Waals surface area contributed by atoms with E-state index in [9.17, 15) is 13.2 Å². The van der Waals surface area contributed by atoms with E-state index in [-0.39, 0.29) is 4.90 Å². The molecule has 0 fully saturated rings. The number of rotatable bonds is 7. The Kier molecular flexibility index (Phi) is 5.78. The fraction of sp³-hybridized carbons (Fsp3) is 0.188. The molecule has 1 amide bonds.